The Hall–Kier alpha value is -0.930. The van der Waals surface area contributed by atoms with Crippen LogP contribution >= 0.6 is 0 Å². The maximum Gasteiger partial charge on any atom is 0.0972 e. The minimum atomic E-state index is -1.02. The molecule has 0 aliphatic heterocycles. The van der Waals surface area contributed by atoms with Crippen molar-refractivity contribution in [2.24, 2.45) is 0 Å². The van der Waals surface area contributed by atoms with Crippen LogP contribution in [-0.2, 0) is 17.4 Å². The normalized spacial score (nSPS) is 14.9. The zero-order valence-electron chi connectivity index (χ0n) is 12.2. The van der Waals surface area contributed by atoms with Crippen molar-refractivity contribution in [2.75, 3.05) is 0 Å². The third-order valence-corrected chi connectivity index (χ3v) is 4.57. The van der Waals surface area contributed by atoms with E-state index in [2.05, 4.69) is 35.6 Å². The van der Waals surface area contributed by atoms with Gasteiger partial charge in [-0.05, 0) is 45.6 Å². The number of rotatable bonds is 7. The molecular weight excluding hydrogens is 254 g/mol. The summed E-state index contributed by atoms with van der Waals surface area (Å²) in [6.07, 6.45) is 4.70. The average molecular weight is 279 g/mol. The largest absolute Gasteiger partial charge is 0.242 e. The number of hydrogen-bond acceptors (Lipinski definition) is 1. The molecule has 106 valence electrons. The Labute approximate surface area is 119 Å². The maximum absolute atomic E-state index is 12.1. The Bertz CT molecular complexity index is 409. The zero-order chi connectivity index (χ0) is 14.3. The molecule has 0 bridgehead atoms. The number of aryl methyl sites for hydroxylation is 1. The fraction of sp³-hybridized carbons (Fsp3) is 0.500. The van der Waals surface area contributed by atoms with Gasteiger partial charge in [-0.2, -0.15) is 0 Å². The lowest BCUT2D eigenvalue weighted by molar-refractivity contribution is 0.554. The van der Waals surface area contributed by atoms with Crippen LogP contribution in [0, 0.1) is 0 Å². The number of benzene rings is 1. The van der Waals surface area contributed by atoms with E-state index in [0.717, 1.165) is 19.3 Å². The van der Waals surface area contributed by atoms with Gasteiger partial charge in [0, 0.05) is 6.04 Å². The van der Waals surface area contributed by atoms with E-state index in [0.29, 0.717) is 0 Å². The van der Waals surface area contributed by atoms with Crippen LogP contribution in [0.3, 0.4) is 0 Å². The molecule has 0 saturated carbocycles. The van der Waals surface area contributed by atoms with E-state index in [1.807, 2.05) is 32.9 Å². The van der Waals surface area contributed by atoms with Crippen LogP contribution < -0.4 is 4.72 Å². The van der Waals surface area contributed by atoms with Crippen LogP contribution in [0.4, 0.5) is 0 Å². The van der Waals surface area contributed by atoms with Gasteiger partial charge < -0.3 is 0 Å². The molecule has 0 aliphatic carbocycles. The van der Waals surface area contributed by atoms with Gasteiger partial charge in [-0.25, -0.2) is 8.93 Å². The van der Waals surface area contributed by atoms with Crippen LogP contribution in [0.25, 0.3) is 0 Å². The average Bonchev–Trinajstić information content (AvgIpc) is 2.36. The predicted octanol–water partition coefficient (Wildman–Crippen LogP) is 3.62. The van der Waals surface area contributed by atoms with Gasteiger partial charge in [-0.3, -0.25) is 0 Å². The first kappa shape index (κ1) is 16.1. The van der Waals surface area contributed by atoms with Gasteiger partial charge in [0.15, 0.2) is 0 Å². The van der Waals surface area contributed by atoms with Crippen molar-refractivity contribution in [2.45, 2.75) is 50.8 Å². The molecule has 0 fully saturated rings. The molecule has 2 atom stereocenters. The third-order valence-electron chi connectivity index (χ3n) is 2.91. The Kier molecular flexibility index (Phi) is 6.46. The van der Waals surface area contributed by atoms with E-state index in [9.17, 15) is 4.21 Å². The molecule has 0 heterocycles. The number of hydrogen-bond donors (Lipinski definition) is 1. The minimum absolute atomic E-state index is 0.220. The minimum Gasteiger partial charge on any atom is -0.242 e. The molecule has 0 aliphatic rings. The lowest BCUT2D eigenvalue weighted by Gasteiger charge is -2.23. The van der Waals surface area contributed by atoms with Gasteiger partial charge in [0.2, 0.25) is 0 Å². The molecule has 0 unspecified atom stereocenters. The fourth-order valence-corrected chi connectivity index (χ4v) is 2.61. The summed E-state index contributed by atoms with van der Waals surface area (Å²) in [5, 5.41) is 0. The van der Waals surface area contributed by atoms with Gasteiger partial charge in [0.05, 0.1) is 15.7 Å². The molecule has 19 heavy (non-hydrogen) atoms. The van der Waals surface area contributed by atoms with E-state index < -0.39 is 11.0 Å². The van der Waals surface area contributed by atoms with Gasteiger partial charge in [0.25, 0.3) is 0 Å². The third kappa shape index (κ3) is 6.17. The van der Waals surface area contributed by atoms with Gasteiger partial charge >= 0.3 is 0 Å². The summed E-state index contributed by atoms with van der Waals surface area (Å²) < 4.78 is 15.1. The van der Waals surface area contributed by atoms with Crippen molar-refractivity contribution in [3.63, 3.8) is 0 Å². The summed E-state index contributed by atoms with van der Waals surface area (Å²) in [5.41, 5.74) is 1.32. The van der Waals surface area contributed by atoms with E-state index in [4.69, 9.17) is 0 Å². The van der Waals surface area contributed by atoms with Crippen LogP contribution in [0.15, 0.2) is 43.0 Å². The molecule has 1 N–H and O–H groups in total. The molecule has 2 nitrogen and oxygen atoms in total. The van der Waals surface area contributed by atoms with Crippen molar-refractivity contribution in [3.05, 3.63) is 48.6 Å². The maximum atomic E-state index is 12.1. The first-order chi connectivity index (χ1) is 8.93. The second-order valence-corrected chi connectivity index (χ2v) is 7.74. The van der Waals surface area contributed by atoms with Crippen LogP contribution in [0.1, 0.15) is 39.2 Å². The highest BCUT2D eigenvalue weighted by molar-refractivity contribution is 7.84. The highest BCUT2D eigenvalue weighted by Gasteiger charge is 2.22. The quantitative estimate of drug-likeness (QED) is 0.759. The summed E-state index contributed by atoms with van der Waals surface area (Å²) in [4.78, 5) is 0. The molecule has 3 heteroatoms. The van der Waals surface area contributed by atoms with E-state index in [-0.39, 0.29) is 10.8 Å². The van der Waals surface area contributed by atoms with Crippen molar-refractivity contribution >= 4 is 11.0 Å². The van der Waals surface area contributed by atoms with Crippen molar-refractivity contribution in [3.8, 4) is 0 Å². The highest BCUT2D eigenvalue weighted by Crippen LogP contribution is 2.13. The fourth-order valence-electron chi connectivity index (χ4n) is 1.74. The molecule has 1 aromatic rings. The zero-order valence-corrected chi connectivity index (χ0v) is 13.0. The second-order valence-electron chi connectivity index (χ2n) is 5.74. The van der Waals surface area contributed by atoms with Crippen LogP contribution in [0.2, 0.25) is 0 Å². The molecule has 0 aromatic heterocycles. The van der Waals surface area contributed by atoms with Crippen molar-refractivity contribution in [1.82, 2.24) is 4.72 Å². The lowest BCUT2D eigenvalue weighted by Crippen LogP contribution is -2.39. The Morgan fingerprint density at radius 2 is 1.95 bits per heavy atom. The molecule has 1 rings (SSSR count). The van der Waals surface area contributed by atoms with Gasteiger partial charge in [0.1, 0.15) is 0 Å². The van der Waals surface area contributed by atoms with Gasteiger partial charge in [-0.15, -0.1) is 6.58 Å². The van der Waals surface area contributed by atoms with Crippen molar-refractivity contribution in [1.29, 1.82) is 0 Å². The molecule has 0 saturated heterocycles. The van der Waals surface area contributed by atoms with E-state index in [1.165, 1.54) is 5.56 Å². The van der Waals surface area contributed by atoms with Crippen molar-refractivity contribution < 1.29 is 4.21 Å². The Morgan fingerprint density at radius 3 is 2.47 bits per heavy atom. The first-order valence-electron chi connectivity index (χ1n) is 6.76. The first-order valence-corrected chi connectivity index (χ1v) is 7.91. The van der Waals surface area contributed by atoms with Crippen LogP contribution in [-0.4, -0.2) is 15.0 Å². The van der Waals surface area contributed by atoms with Crippen LogP contribution in [0.5, 0.6) is 0 Å². The molecule has 0 amide bonds. The lowest BCUT2D eigenvalue weighted by atomic mass is 10.0. The predicted molar refractivity (Wildman–Crippen MR) is 84.4 cm³/mol. The smallest absolute Gasteiger partial charge is 0.0972 e. The SMILES string of the molecule is C=CC[C@H](CCc1ccccc1)N[S@@](=O)C(C)(C)C. The number of nitrogens with one attached hydrogen (secondary N) is 1. The second kappa shape index (κ2) is 7.61. The van der Waals surface area contributed by atoms with E-state index in [1.54, 1.807) is 0 Å². The Balaban J connectivity index is 2.53. The summed E-state index contributed by atoms with van der Waals surface area (Å²) in [7, 11) is -1.02. The highest BCUT2D eigenvalue weighted by atomic mass is 32.2. The molecular formula is C16H25NOS. The summed E-state index contributed by atoms with van der Waals surface area (Å²) >= 11 is 0. The summed E-state index contributed by atoms with van der Waals surface area (Å²) in [6.45, 7) is 9.74. The monoisotopic (exact) mass is 279 g/mol. The molecule has 0 spiro atoms. The standard InChI is InChI=1S/C16H25NOS/c1-5-9-15(17-19(18)16(2,3)4)13-12-14-10-7-6-8-11-14/h5-8,10-11,15,17H,1,9,12-13H2,2-4H3/t15-,19+/m1/s1. The van der Waals surface area contributed by atoms with E-state index >= 15 is 0 Å². The Morgan fingerprint density at radius 1 is 1.32 bits per heavy atom. The molecule has 0 radical (unpaired) electrons. The topological polar surface area (TPSA) is 29.1 Å². The summed E-state index contributed by atoms with van der Waals surface area (Å²) in [5.74, 6) is 0. The molecule has 1 aromatic carbocycles. The van der Waals surface area contributed by atoms with Gasteiger partial charge in [-0.1, -0.05) is 36.4 Å². The summed E-state index contributed by atoms with van der Waals surface area (Å²) in [6, 6.07) is 10.6.